The molecule has 41 heavy (non-hydrogen) atoms. The van der Waals surface area contributed by atoms with Gasteiger partial charge in [0.2, 0.25) is 5.91 Å². The molecule has 208 valence electrons. The fourth-order valence-electron chi connectivity index (χ4n) is 3.85. The molecule has 3 N–H and O–H groups in total. The fourth-order valence-corrected chi connectivity index (χ4v) is 4.95. The number of rotatable bonds is 9. The van der Waals surface area contributed by atoms with Gasteiger partial charge in [-0.1, -0.05) is 71.8 Å². The summed E-state index contributed by atoms with van der Waals surface area (Å²) in [6.07, 6.45) is 1.64. The van der Waals surface area contributed by atoms with Gasteiger partial charge in [-0.2, -0.15) is 0 Å². The van der Waals surface area contributed by atoms with Gasteiger partial charge >= 0.3 is 0 Å². The van der Waals surface area contributed by atoms with Crippen LogP contribution in [0.25, 0.3) is 6.08 Å². The molecule has 4 rings (SSSR count). The van der Waals surface area contributed by atoms with Gasteiger partial charge in [0.05, 0.1) is 5.25 Å². The molecule has 0 radical (unpaired) electrons. The first kappa shape index (κ1) is 29.6. The zero-order chi connectivity index (χ0) is 29.4. The van der Waals surface area contributed by atoms with Gasteiger partial charge in [0.25, 0.3) is 11.8 Å². The van der Waals surface area contributed by atoms with Crippen LogP contribution in [0.3, 0.4) is 0 Å². The molecule has 0 aliphatic rings. The lowest BCUT2D eigenvalue weighted by Gasteiger charge is -2.15. The summed E-state index contributed by atoms with van der Waals surface area (Å²) >= 11 is 7.54. The second-order valence-electron chi connectivity index (χ2n) is 9.43. The van der Waals surface area contributed by atoms with Crippen molar-refractivity contribution in [3.8, 4) is 0 Å². The van der Waals surface area contributed by atoms with Crippen molar-refractivity contribution in [2.24, 2.45) is 0 Å². The highest BCUT2D eigenvalue weighted by atomic mass is 35.5. The Balaban J connectivity index is 1.48. The van der Waals surface area contributed by atoms with Crippen molar-refractivity contribution in [1.29, 1.82) is 0 Å². The number of carbonyl (C=O) groups excluding carboxylic acids is 3. The van der Waals surface area contributed by atoms with Crippen molar-refractivity contribution in [3.63, 3.8) is 0 Å². The number of anilines is 2. The molecule has 0 fully saturated rings. The lowest BCUT2D eigenvalue weighted by Crippen LogP contribution is -2.30. The summed E-state index contributed by atoms with van der Waals surface area (Å²) in [4.78, 5) is 39.9. The van der Waals surface area contributed by atoms with E-state index in [1.165, 1.54) is 11.8 Å². The molecule has 1 unspecified atom stereocenters. The molecule has 0 aliphatic heterocycles. The molecule has 0 heterocycles. The Morgan fingerprint density at radius 2 is 1.54 bits per heavy atom. The minimum Gasteiger partial charge on any atom is -0.325 e. The van der Waals surface area contributed by atoms with E-state index < -0.39 is 17.1 Å². The van der Waals surface area contributed by atoms with Crippen LogP contribution in [0.5, 0.6) is 0 Å². The number of halogens is 1. The van der Waals surface area contributed by atoms with E-state index in [0.717, 1.165) is 21.6 Å². The smallest absolute Gasteiger partial charge is 0.272 e. The van der Waals surface area contributed by atoms with E-state index in [0.29, 0.717) is 22.0 Å². The minimum atomic E-state index is -0.473. The monoisotopic (exact) mass is 583 g/mol. The van der Waals surface area contributed by atoms with Gasteiger partial charge in [-0.3, -0.25) is 14.4 Å². The summed E-state index contributed by atoms with van der Waals surface area (Å²) in [7, 11) is 0. The van der Waals surface area contributed by atoms with Gasteiger partial charge in [0, 0.05) is 26.9 Å². The van der Waals surface area contributed by atoms with Crippen LogP contribution >= 0.6 is 23.4 Å². The van der Waals surface area contributed by atoms with E-state index in [9.17, 15) is 14.4 Å². The van der Waals surface area contributed by atoms with E-state index in [2.05, 4.69) is 16.0 Å². The van der Waals surface area contributed by atoms with Crippen LogP contribution in [0, 0.1) is 13.8 Å². The van der Waals surface area contributed by atoms with Crippen molar-refractivity contribution in [2.75, 3.05) is 10.6 Å². The summed E-state index contributed by atoms with van der Waals surface area (Å²) < 4.78 is 0. The number of benzene rings is 4. The van der Waals surface area contributed by atoms with Crippen LogP contribution in [0.2, 0.25) is 5.02 Å². The van der Waals surface area contributed by atoms with E-state index >= 15 is 0 Å². The maximum Gasteiger partial charge on any atom is 0.272 e. The predicted molar refractivity (Wildman–Crippen MR) is 168 cm³/mol. The first-order valence-electron chi connectivity index (χ1n) is 13.0. The second kappa shape index (κ2) is 13.8. The SMILES string of the molecule is Cc1ccc(/C=C(/NC(=O)c2ccccc2)C(=O)Nc2cccc(SC(C)C(=O)Nc3cccc(Cl)c3C)c2)cc1. The summed E-state index contributed by atoms with van der Waals surface area (Å²) in [6, 6.07) is 28.9. The first-order chi connectivity index (χ1) is 19.7. The minimum absolute atomic E-state index is 0.102. The van der Waals surface area contributed by atoms with Crippen LogP contribution in [-0.4, -0.2) is 23.0 Å². The van der Waals surface area contributed by atoms with Crippen molar-refractivity contribution < 1.29 is 14.4 Å². The molecule has 8 heteroatoms. The van der Waals surface area contributed by atoms with Gasteiger partial charge < -0.3 is 16.0 Å². The average Bonchev–Trinajstić information content (AvgIpc) is 2.96. The molecule has 0 bridgehead atoms. The third-order valence-electron chi connectivity index (χ3n) is 6.22. The molecule has 0 aromatic heterocycles. The predicted octanol–water partition coefficient (Wildman–Crippen LogP) is 7.49. The van der Waals surface area contributed by atoms with Crippen molar-refractivity contribution in [3.05, 3.63) is 130 Å². The van der Waals surface area contributed by atoms with Crippen LogP contribution in [0.1, 0.15) is 34.0 Å². The zero-order valence-electron chi connectivity index (χ0n) is 22.9. The summed E-state index contributed by atoms with van der Waals surface area (Å²) in [5.74, 6) is -1.03. The lowest BCUT2D eigenvalue weighted by molar-refractivity contribution is -0.115. The topological polar surface area (TPSA) is 87.3 Å². The summed E-state index contributed by atoms with van der Waals surface area (Å²) in [6.45, 7) is 5.64. The highest BCUT2D eigenvalue weighted by Crippen LogP contribution is 2.28. The molecule has 0 aliphatic carbocycles. The van der Waals surface area contributed by atoms with Crippen molar-refractivity contribution >= 4 is 58.5 Å². The Kier molecular flexibility index (Phi) is 10.0. The number of hydrogen-bond donors (Lipinski definition) is 3. The number of thioether (sulfide) groups is 1. The Morgan fingerprint density at radius 1 is 0.829 bits per heavy atom. The van der Waals surface area contributed by atoms with Gasteiger partial charge in [0.1, 0.15) is 5.70 Å². The van der Waals surface area contributed by atoms with E-state index in [4.69, 9.17) is 11.6 Å². The lowest BCUT2D eigenvalue weighted by atomic mass is 10.1. The molecule has 3 amide bonds. The Labute approximate surface area is 249 Å². The molecular weight excluding hydrogens is 554 g/mol. The van der Waals surface area contributed by atoms with Gasteiger partial charge in [-0.05, 0) is 80.4 Å². The molecule has 1 atom stereocenters. The largest absolute Gasteiger partial charge is 0.325 e. The zero-order valence-corrected chi connectivity index (χ0v) is 24.5. The Bertz CT molecular complexity index is 1590. The number of hydrogen-bond acceptors (Lipinski definition) is 4. The number of amides is 3. The quantitative estimate of drug-likeness (QED) is 0.141. The van der Waals surface area contributed by atoms with Gasteiger partial charge in [-0.25, -0.2) is 0 Å². The third-order valence-corrected chi connectivity index (χ3v) is 7.72. The molecule has 0 spiro atoms. The maximum absolute atomic E-state index is 13.4. The van der Waals surface area contributed by atoms with Crippen LogP contribution in [0.4, 0.5) is 11.4 Å². The highest BCUT2D eigenvalue weighted by Gasteiger charge is 2.18. The normalized spacial score (nSPS) is 11.9. The van der Waals surface area contributed by atoms with E-state index in [1.54, 1.807) is 60.7 Å². The van der Waals surface area contributed by atoms with Crippen molar-refractivity contribution in [2.45, 2.75) is 30.9 Å². The number of carbonyl (C=O) groups is 3. The summed E-state index contributed by atoms with van der Waals surface area (Å²) in [5, 5.41) is 8.73. The molecule has 6 nitrogen and oxygen atoms in total. The maximum atomic E-state index is 13.4. The second-order valence-corrected chi connectivity index (χ2v) is 11.3. The Morgan fingerprint density at radius 3 is 2.27 bits per heavy atom. The molecule has 4 aromatic rings. The highest BCUT2D eigenvalue weighted by molar-refractivity contribution is 8.00. The number of aryl methyl sites for hydroxylation is 1. The molecule has 0 saturated heterocycles. The third kappa shape index (κ3) is 8.33. The molecule has 0 saturated carbocycles. The molecular formula is C33H30ClN3O3S. The Hall–Kier alpha value is -4.33. The van der Waals surface area contributed by atoms with Crippen LogP contribution in [0.15, 0.2) is 108 Å². The standard InChI is InChI=1S/C33H30ClN3O3S/c1-21-15-17-24(18-16-21)19-30(37-32(39)25-9-5-4-6-10-25)33(40)35-26-11-7-12-27(20-26)41-23(3)31(38)36-29-14-8-13-28(34)22(29)2/h4-20,23H,1-3H3,(H,35,40)(H,36,38)(H,37,39)/b30-19+. The van der Waals surface area contributed by atoms with Crippen LogP contribution < -0.4 is 16.0 Å². The van der Waals surface area contributed by atoms with Gasteiger partial charge in [-0.15, -0.1) is 11.8 Å². The van der Waals surface area contributed by atoms with Gasteiger partial charge in [0.15, 0.2) is 0 Å². The van der Waals surface area contributed by atoms with E-state index in [1.807, 2.05) is 63.2 Å². The first-order valence-corrected chi connectivity index (χ1v) is 14.2. The molecule has 4 aromatic carbocycles. The van der Waals surface area contributed by atoms with Crippen molar-refractivity contribution in [1.82, 2.24) is 5.32 Å². The number of nitrogens with one attached hydrogen (secondary N) is 3. The average molecular weight is 584 g/mol. The fraction of sp³-hybridized carbons (Fsp3) is 0.121. The van der Waals surface area contributed by atoms with E-state index in [-0.39, 0.29) is 11.6 Å². The summed E-state index contributed by atoms with van der Waals surface area (Å²) in [5.41, 5.74) is 4.40. The van der Waals surface area contributed by atoms with Crippen LogP contribution in [-0.2, 0) is 9.59 Å².